The molecule has 6 rings (SSSR count). The maximum Gasteiger partial charge on any atom is 0.193 e. The van der Waals surface area contributed by atoms with Gasteiger partial charge in [-0.1, -0.05) is 46.8 Å². The largest absolute Gasteiger partial charge is 0.289 e. The molecule has 0 bridgehead atoms. The van der Waals surface area contributed by atoms with Crippen LogP contribution in [0.2, 0.25) is 0 Å². The van der Waals surface area contributed by atoms with Gasteiger partial charge in [0.1, 0.15) is 11.0 Å². The Hall–Kier alpha value is -4.65. The zero-order valence-corrected chi connectivity index (χ0v) is 16.8. The average Bonchev–Trinajstić information content (AvgIpc) is 3.48. The first kappa shape index (κ1) is 18.1. The van der Waals surface area contributed by atoms with Crippen molar-refractivity contribution in [1.82, 2.24) is 30.0 Å². The zero-order valence-electron chi connectivity index (χ0n) is 16.8. The number of hydrogen-bond acceptors (Lipinski definition) is 5. The number of aromatic nitrogens is 6. The molecule has 7 nitrogen and oxygen atoms in total. The minimum absolute atomic E-state index is 0.0997. The van der Waals surface area contributed by atoms with Crippen LogP contribution in [-0.2, 0) is 0 Å². The van der Waals surface area contributed by atoms with E-state index in [9.17, 15) is 4.79 Å². The Morgan fingerprint density at radius 1 is 0.562 bits per heavy atom. The van der Waals surface area contributed by atoms with E-state index in [0.29, 0.717) is 22.2 Å². The molecule has 32 heavy (non-hydrogen) atoms. The number of benzene rings is 4. The number of carbonyl (C=O) groups is 1. The molecule has 6 aromatic rings. The molecular weight excluding hydrogens is 400 g/mol. The Morgan fingerprint density at radius 3 is 1.44 bits per heavy atom. The highest BCUT2D eigenvalue weighted by molar-refractivity contribution is 6.11. The van der Waals surface area contributed by atoms with Crippen molar-refractivity contribution in [3.63, 3.8) is 0 Å². The molecule has 2 heterocycles. The molecule has 0 saturated heterocycles. The van der Waals surface area contributed by atoms with E-state index in [1.54, 1.807) is 33.6 Å². The lowest BCUT2D eigenvalue weighted by Crippen LogP contribution is -2.02. The van der Waals surface area contributed by atoms with Gasteiger partial charge in [-0.15, -0.1) is 10.2 Å². The summed E-state index contributed by atoms with van der Waals surface area (Å²) < 4.78 is 3.52. The number of nitrogens with zero attached hydrogens (tertiary/aromatic N) is 6. The SMILES string of the molecule is O=C(c1ccc2c(c1)nnn2-c1ccccc1)c1ccc2c(c1)nnn2-c1ccccc1. The fourth-order valence-corrected chi connectivity index (χ4v) is 3.82. The molecule has 152 valence electrons. The standard InChI is InChI=1S/C25H16N6O/c32-25(17-11-13-23-21(15-17)26-28-30(23)19-7-3-1-4-8-19)18-12-14-24-22(16-18)27-29-31(24)20-9-5-2-6-10-20/h1-16H. The van der Waals surface area contributed by atoms with Crippen LogP contribution >= 0.6 is 0 Å². The molecule has 0 atom stereocenters. The van der Waals surface area contributed by atoms with Gasteiger partial charge in [0, 0.05) is 11.1 Å². The van der Waals surface area contributed by atoms with Crippen LogP contribution in [0.1, 0.15) is 15.9 Å². The summed E-state index contributed by atoms with van der Waals surface area (Å²) in [6, 6.07) is 30.5. The summed E-state index contributed by atoms with van der Waals surface area (Å²) in [4.78, 5) is 13.2. The topological polar surface area (TPSA) is 78.5 Å². The van der Waals surface area contributed by atoms with Gasteiger partial charge in [0.15, 0.2) is 5.78 Å². The van der Waals surface area contributed by atoms with E-state index in [-0.39, 0.29) is 5.78 Å². The van der Waals surface area contributed by atoms with E-state index < -0.39 is 0 Å². The summed E-state index contributed by atoms with van der Waals surface area (Å²) >= 11 is 0. The van der Waals surface area contributed by atoms with Crippen molar-refractivity contribution in [2.45, 2.75) is 0 Å². The van der Waals surface area contributed by atoms with Crippen LogP contribution in [0.15, 0.2) is 97.1 Å². The minimum atomic E-state index is -0.0997. The van der Waals surface area contributed by atoms with Gasteiger partial charge in [0.05, 0.1) is 22.4 Å². The summed E-state index contributed by atoms with van der Waals surface area (Å²) in [5.74, 6) is -0.0997. The first-order valence-corrected chi connectivity index (χ1v) is 10.1. The van der Waals surface area contributed by atoms with Gasteiger partial charge in [0.2, 0.25) is 0 Å². The van der Waals surface area contributed by atoms with Crippen molar-refractivity contribution in [1.29, 1.82) is 0 Å². The fourth-order valence-electron chi connectivity index (χ4n) is 3.82. The Bertz CT molecular complexity index is 1470. The lowest BCUT2D eigenvalue weighted by atomic mass is 10.0. The van der Waals surface area contributed by atoms with Crippen LogP contribution in [0.4, 0.5) is 0 Å². The van der Waals surface area contributed by atoms with Gasteiger partial charge < -0.3 is 0 Å². The van der Waals surface area contributed by atoms with Crippen LogP contribution in [0, 0.1) is 0 Å². The molecule has 0 radical (unpaired) electrons. The van der Waals surface area contributed by atoms with Gasteiger partial charge in [-0.2, -0.15) is 0 Å². The Balaban J connectivity index is 1.36. The first-order chi connectivity index (χ1) is 15.8. The third-order valence-electron chi connectivity index (χ3n) is 5.42. The van der Waals surface area contributed by atoms with Crippen molar-refractivity contribution in [3.05, 3.63) is 108 Å². The Kier molecular flexibility index (Phi) is 4.11. The summed E-state index contributed by atoms with van der Waals surface area (Å²) in [5, 5.41) is 17.0. The summed E-state index contributed by atoms with van der Waals surface area (Å²) in [5.41, 5.74) is 5.94. The van der Waals surface area contributed by atoms with E-state index in [1.807, 2.05) is 72.8 Å². The van der Waals surface area contributed by atoms with E-state index in [0.717, 1.165) is 22.4 Å². The fraction of sp³-hybridized carbons (Fsp3) is 0. The molecule has 0 saturated carbocycles. The number of fused-ring (bicyclic) bond motifs is 2. The molecule has 2 aromatic heterocycles. The van der Waals surface area contributed by atoms with Crippen LogP contribution in [-0.4, -0.2) is 35.8 Å². The summed E-state index contributed by atoms with van der Waals surface area (Å²) in [6.45, 7) is 0. The molecule has 0 aliphatic heterocycles. The normalized spacial score (nSPS) is 11.2. The van der Waals surface area contributed by atoms with Gasteiger partial charge in [0.25, 0.3) is 0 Å². The second kappa shape index (κ2) is 7.24. The van der Waals surface area contributed by atoms with E-state index in [4.69, 9.17) is 0 Å². The highest BCUT2D eigenvalue weighted by Crippen LogP contribution is 2.22. The molecule has 0 aliphatic rings. The zero-order chi connectivity index (χ0) is 21.5. The Labute approximate surface area is 182 Å². The number of para-hydroxylation sites is 2. The van der Waals surface area contributed by atoms with E-state index in [2.05, 4.69) is 20.6 Å². The lowest BCUT2D eigenvalue weighted by Gasteiger charge is -2.04. The molecule has 7 heteroatoms. The van der Waals surface area contributed by atoms with Gasteiger partial charge in [-0.3, -0.25) is 4.79 Å². The number of hydrogen-bond donors (Lipinski definition) is 0. The maximum absolute atomic E-state index is 13.2. The van der Waals surface area contributed by atoms with Crippen molar-refractivity contribution in [2.75, 3.05) is 0 Å². The number of rotatable bonds is 4. The number of carbonyl (C=O) groups excluding carboxylic acids is 1. The second-order valence-corrected chi connectivity index (χ2v) is 7.41. The quantitative estimate of drug-likeness (QED) is 0.399. The van der Waals surface area contributed by atoms with Crippen molar-refractivity contribution in [2.24, 2.45) is 0 Å². The molecule has 0 fully saturated rings. The third-order valence-corrected chi connectivity index (χ3v) is 5.42. The van der Waals surface area contributed by atoms with E-state index in [1.165, 1.54) is 0 Å². The highest BCUT2D eigenvalue weighted by atomic mass is 16.1. The maximum atomic E-state index is 13.2. The lowest BCUT2D eigenvalue weighted by molar-refractivity contribution is 0.103. The van der Waals surface area contributed by atoms with Crippen LogP contribution in [0.25, 0.3) is 33.4 Å². The summed E-state index contributed by atoms with van der Waals surface area (Å²) in [7, 11) is 0. The third kappa shape index (κ3) is 2.95. The van der Waals surface area contributed by atoms with Crippen molar-refractivity contribution in [3.8, 4) is 11.4 Å². The van der Waals surface area contributed by atoms with Crippen LogP contribution in [0.5, 0.6) is 0 Å². The predicted molar refractivity (Wildman–Crippen MR) is 121 cm³/mol. The first-order valence-electron chi connectivity index (χ1n) is 10.1. The van der Waals surface area contributed by atoms with Crippen molar-refractivity contribution >= 4 is 27.9 Å². The predicted octanol–water partition coefficient (Wildman–Crippen LogP) is 4.39. The average molecular weight is 416 g/mol. The molecule has 0 spiro atoms. The molecular formula is C25H16N6O. The smallest absolute Gasteiger partial charge is 0.193 e. The highest BCUT2D eigenvalue weighted by Gasteiger charge is 2.15. The van der Waals surface area contributed by atoms with Gasteiger partial charge in [-0.25, -0.2) is 9.36 Å². The van der Waals surface area contributed by atoms with Crippen LogP contribution in [0.3, 0.4) is 0 Å². The van der Waals surface area contributed by atoms with Gasteiger partial charge >= 0.3 is 0 Å². The number of ketones is 1. The minimum Gasteiger partial charge on any atom is -0.289 e. The van der Waals surface area contributed by atoms with E-state index >= 15 is 0 Å². The Morgan fingerprint density at radius 2 is 1.00 bits per heavy atom. The molecule has 0 amide bonds. The van der Waals surface area contributed by atoms with Crippen LogP contribution < -0.4 is 0 Å². The van der Waals surface area contributed by atoms with Crippen molar-refractivity contribution < 1.29 is 4.79 Å². The summed E-state index contributed by atoms with van der Waals surface area (Å²) in [6.07, 6.45) is 0. The monoisotopic (exact) mass is 416 g/mol. The molecule has 4 aromatic carbocycles. The molecule has 0 N–H and O–H groups in total. The molecule has 0 aliphatic carbocycles. The second-order valence-electron chi connectivity index (χ2n) is 7.41. The molecule has 0 unspecified atom stereocenters. The van der Waals surface area contributed by atoms with Gasteiger partial charge in [-0.05, 0) is 60.7 Å².